The maximum atomic E-state index is 12.7. The Morgan fingerprint density at radius 3 is 2.43 bits per heavy atom. The number of ether oxygens (including phenoxy) is 1. The van der Waals surface area contributed by atoms with Crippen molar-refractivity contribution >= 4 is 21.8 Å². The average Bonchev–Trinajstić information content (AvgIpc) is 2.62. The summed E-state index contributed by atoms with van der Waals surface area (Å²) in [7, 11) is -1.19. The maximum absolute atomic E-state index is 12.7. The minimum absolute atomic E-state index is 0.0709. The summed E-state index contributed by atoms with van der Waals surface area (Å²) >= 11 is 0. The van der Waals surface area contributed by atoms with Crippen molar-refractivity contribution in [2.75, 3.05) is 27.2 Å². The normalized spacial score (nSPS) is 11.9. The van der Waals surface area contributed by atoms with Crippen LogP contribution in [0.25, 0.3) is 0 Å². The van der Waals surface area contributed by atoms with Crippen LogP contribution in [0.3, 0.4) is 0 Å². The molecule has 0 saturated carbocycles. The van der Waals surface area contributed by atoms with Crippen LogP contribution in [0.2, 0.25) is 0 Å². The van der Waals surface area contributed by atoms with Crippen molar-refractivity contribution in [1.82, 2.24) is 9.62 Å². The number of nitrogens with one attached hydrogen (secondary N) is 1. The molecule has 1 aromatic carbocycles. The molecule has 0 radical (unpaired) electrons. The number of para-hydroxylation sites is 1. The van der Waals surface area contributed by atoms with E-state index in [4.69, 9.17) is 4.74 Å². The van der Waals surface area contributed by atoms with E-state index in [0.29, 0.717) is 19.4 Å². The van der Waals surface area contributed by atoms with Crippen molar-refractivity contribution in [2.45, 2.75) is 50.5 Å². The van der Waals surface area contributed by atoms with Gasteiger partial charge in [0.25, 0.3) is 4.92 Å². The molecule has 0 aromatic heterocycles. The van der Waals surface area contributed by atoms with Gasteiger partial charge in [-0.25, -0.2) is 22.4 Å². The number of alkyl carbamates (subject to hydrolysis) is 1. The first kappa shape index (κ1) is 23.8. The standard InChI is InChI=1S/C18H29N3O6S/c1-18(2,3)27-17(22)19-13-9-6-10-14-20(4)28(24,25)16-12-8-7-11-15(16)21(23)26-5/h7-8,11-12H,6,9-10,13-14H2,1-5H3/p+1. The van der Waals surface area contributed by atoms with Crippen LogP contribution in [0.4, 0.5) is 10.5 Å². The van der Waals surface area contributed by atoms with E-state index in [1.54, 1.807) is 32.9 Å². The van der Waals surface area contributed by atoms with E-state index in [9.17, 15) is 18.1 Å². The summed E-state index contributed by atoms with van der Waals surface area (Å²) in [6.45, 7) is 6.11. The third-order valence-electron chi connectivity index (χ3n) is 3.73. The molecular weight excluding hydrogens is 386 g/mol. The molecule has 1 rings (SSSR count). The molecule has 10 heteroatoms. The Morgan fingerprint density at radius 1 is 1.18 bits per heavy atom. The van der Waals surface area contributed by atoms with Crippen molar-refractivity contribution in [1.29, 1.82) is 0 Å². The summed E-state index contributed by atoms with van der Waals surface area (Å²) in [5.41, 5.74) is -0.613. The number of carbonyl (C=O) groups excluding carboxylic acids is 1. The monoisotopic (exact) mass is 416 g/mol. The lowest BCUT2D eigenvalue weighted by Gasteiger charge is -2.19. The first-order chi connectivity index (χ1) is 13.0. The highest BCUT2D eigenvalue weighted by molar-refractivity contribution is 7.89. The van der Waals surface area contributed by atoms with Gasteiger partial charge >= 0.3 is 11.8 Å². The maximum Gasteiger partial charge on any atom is 0.407 e. The summed E-state index contributed by atoms with van der Waals surface area (Å²) in [6.07, 6.45) is 1.56. The fraction of sp³-hybridized carbons (Fsp3) is 0.611. The van der Waals surface area contributed by atoms with Crippen LogP contribution in [0, 0.1) is 4.91 Å². The Hall–Kier alpha value is -2.20. The van der Waals surface area contributed by atoms with Gasteiger partial charge in [0.05, 0.1) is 4.91 Å². The Morgan fingerprint density at radius 2 is 1.82 bits per heavy atom. The second-order valence-corrected chi connectivity index (χ2v) is 9.24. The van der Waals surface area contributed by atoms with Crippen molar-refractivity contribution in [3.8, 4) is 0 Å². The van der Waals surface area contributed by atoms with E-state index in [2.05, 4.69) is 10.2 Å². The topological polar surface area (TPSA) is 105 Å². The zero-order chi connectivity index (χ0) is 21.4. The summed E-state index contributed by atoms with van der Waals surface area (Å²) in [5, 5.41) is 2.66. The van der Waals surface area contributed by atoms with Gasteiger partial charge in [0, 0.05) is 26.2 Å². The molecule has 9 nitrogen and oxygen atoms in total. The fourth-order valence-electron chi connectivity index (χ4n) is 2.35. The highest BCUT2D eigenvalue weighted by Gasteiger charge is 2.31. The number of benzene rings is 1. The molecule has 0 heterocycles. The first-order valence-electron chi connectivity index (χ1n) is 9.02. The molecule has 0 saturated heterocycles. The molecule has 0 aliphatic heterocycles. The third kappa shape index (κ3) is 7.43. The molecule has 28 heavy (non-hydrogen) atoms. The fourth-order valence-corrected chi connectivity index (χ4v) is 3.72. The summed E-state index contributed by atoms with van der Waals surface area (Å²) in [5.74, 6) is 0. The van der Waals surface area contributed by atoms with Gasteiger partial charge in [0.1, 0.15) is 5.60 Å². The molecule has 0 aliphatic rings. The van der Waals surface area contributed by atoms with E-state index >= 15 is 0 Å². The third-order valence-corrected chi connectivity index (χ3v) is 5.64. The van der Waals surface area contributed by atoms with E-state index in [-0.39, 0.29) is 22.1 Å². The average molecular weight is 417 g/mol. The largest absolute Gasteiger partial charge is 0.444 e. The lowest BCUT2D eigenvalue weighted by molar-refractivity contribution is -0.738. The molecule has 0 fully saturated rings. The van der Waals surface area contributed by atoms with Gasteiger partial charge in [-0.05, 0) is 39.7 Å². The number of nitrogens with zero attached hydrogens (tertiary/aromatic N) is 2. The number of unbranched alkanes of at least 4 members (excludes halogenated alkanes) is 2. The Balaban J connectivity index is 2.50. The lowest BCUT2D eigenvalue weighted by atomic mass is 10.2. The van der Waals surface area contributed by atoms with Gasteiger partial charge in [0.2, 0.25) is 10.0 Å². The van der Waals surface area contributed by atoms with Crippen LogP contribution in [0.15, 0.2) is 29.2 Å². The van der Waals surface area contributed by atoms with Crippen LogP contribution in [-0.4, -0.2) is 56.6 Å². The Kier molecular flexibility index (Phi) is 8.83. The molecule has 1 amide bonds. The molecule has 158 valence electrons. The summed E-state index contributed by atoms with van der Waals surface area (Å²) < 4.78 is 31.8. The number of hydrogen-bond acceptors (Lipinski definition) is 6. The zero-order valence-electron chi connectivity index (χ0n) is 17.1. The van der Waals surface area contributed by atoms with E-state index in [1.165, 1.54) is 30.6 Å². The van der Waals surface area contributed by atoms with Gasteiger partial charge < -0.3 is 10.1 Å². The van der Waals surface area contributed by atoms with Crippen molar-refractivity contribution in [3.05, 3.63) is 29.2 Å². The number of amides is 1. The quantitative estimate of drug-likeness (QED) is 0.464. The van der Waals surface area contributed by atoms with Crippen molar-refractivity contribution < 1.29 is 27.7 Å². The number of carbonyl (C=O) groups is 1. The summed E-state index contributed by atoms with van der Waals surface area (Å²) in [4.78, 5) is 27.9. The minimum atomic E-state index is -3.83. The van der Waals surface area contributed by atoms with Gasteiger partial charge in [-0.15, -0.1) is 0 Å². The van der Waals surface area contributed by atoms with Crippen LogP contribution in [0.1, 0.15) is 40.0 Å². The molecule has 0 spiro atoms. The predicted molar refractivity (Wildman–Crippen MR) is 105 cm³/mol. The molecule has 0 bridgehead atoms. The number of rotatable bonds is 10. The number of hydrogen-bond donors (Lipinski definition) is 1. The molecular formula is C18H30N3O6S+. The molecule has 1 aromatic rings. The van der Waals surface area contributed by atoms with Crippen LogP contribution in [0.5, 0.6) is 0 Å². The smallest absolute Gasteiger partial charge is 0.407 e. The van der Waals surface area contributed by atoms with Crippen molar-refractivity contribution in [2.24, 2.45) is 0 Å². The van der Waals surface area contributed by atoms with Gasteiger partial charge in [-0.1, -0.05) is 18.6 Å². The van der Waals surface area contributed by atoms with E-state index < -0.39 is 21.7 Å². The molecule has 0 unspecified atom stereocenters. The van der Waals surface area contributed by atoms with Crippen LogP contribution < -0.4 is 5.32 Å². The van der Waals surface area contributed by atoms with Crippen molar-refractivity contribution in [3.63, 3.8) is 0 Å². The Bertz CT molecular complexity index is 774. The Labute approximate surface area is 166 Å². The van der Waals surface area contributed by atoms with E-state index in [1.807, 2.05) is 0 Å². The zero-order valence-corrected chi connectivity index (χ0v) is 17.9. The second-order valence-electron chi connectivity index (χ2n) is 7.22. The van der Waals surface area contributed by atoms with Crippen LogP contribution >= 0.6 is 0 Å². The lowest BCUT2D eigenvalue weighted by Crippen LogP contribution is -2.33. The highest BCUT2D eigenvalue weighted by atomic mass is 32.2. The minimum Gasteiger partial charge on any atom is -0.444 e. The highest BCUT2D eigenvalue weighted by Crippen LogP contribution is 2.26. The molecule has 0 aliphatic carbocycles. The predicted octanol–water partition coefficient (Wildman–Crippen LogP) is 2.97. The van der Waals surface area contributed by atoms with Gasteiger partial charge in [-0.3, -0.25) is 0 Å². The first-order valence-corrected chi connectivity index (χ1v) is 10.5. The van der Waals surface area contributed by atoms with Gasteiger partial charge in [0.15, 0.2) is 12.0 Å². The molecule has 0 atom stereocenters. The summed E-state index contributed by atoms with van der Waals surface area (Å²) in [6, 6.07) is 5.88. The second kappa shape index (κ2) is 10.4. The van der Waals surface area contributed by atoms with Gasteiger partial charge in [-0.2, -0.15) is 0 Å². The molecule has 1 N–H and O–H groups in total. The van der Waals surface area contributed by atoms with Crippen LogP contribution in [-0.2, 0) is 19.6 Å². The SMILES string of the molecule is CO[N+](=O)c1ccccc1S(=O)(=O)N(C)CCCCCNC(=O)OC(C)(C)C. The van der Waals surface area contributed by atoms with E-state index in [0.717, 1.165) is 6.42 Å². The number of sulfonamides is 1.